The van der Waals surface area contributed by atoms with Crippen molar-refractivity contribution in [2.24, 2.45) is 0 Å². The fourth-order valence-electron chi connectivity index (χ4n) is 5.24. The van der Waals surface area contributed by atoms with Gasteiger partial charge in [0.25, 0.3) is 5.91 Å². The van der Waals surface area contributed by atoms with Crippen LogP contribution < -0.4 is 4.74 Å². The number of ether oxygens (including phenoxy) is 1. The van der Waals surface area contributed by atoms with Crippen molar-refractivity contribution in [2.45, 2.75) is 31.8 Å². The van der Waals surface area contributed by atoms with E-state index in [1.165, 1.54) is 16.8 Å². The zero-order chi connectivity index (χ0) is 22.3. The predicted molar refractivity (Wildman–Crippen MR) is 125 cm³/mol. The first-order valence-electron chi connectivity index (χ1n) is 11.3. The van der Waals surface area contributed by atoms with E-state index < -0.39 is 0 Å². The van der Waals surface area contributed by atoms with Gasteiger partial charge in [-0.05, 0) is 44.5 Å². The summed E-state index contributed by atoms with van der Waals surface area (Å²) in [5.74, 6) is 1.80. The van der Waals surface area contributed by atoms with E-state index in [0.29, 0.717) is 24.4 Å². The summed E-state index contributed by atoms with van der Waals surface area (Å²) in [6, 6.07) is 16.1. The first kappa shape index (κ1) is 20.8. The van der Waals surface area contributed by atoms with Crippen LogP contribution >= 0.6 is 0 Å². The molecule has 1 fully saturated rings. The Morgan fingerprint density at radius 3 is 2.44 bits per heavy atom. The number of hydrogen-bond donors (Lipinski definition) is 0. The number of benzene rings is 2. The number of nitrogens with zero attached hydrogens (tertiary/aromatic N) is 4. The van der Waals surface area contributed by atoms with Crippen LogP contribution in [0.1, 0.15) is 34.6 Å². The number of carbonyl (C=O) groups excluding carboxylic acids is 1. The molecule has 166 valence electrons. The summed E-state index contributed by atoms with van der Waals surface area (Å²) in [5.41, 5.74) is 4.14. The molecule has 3 heterocycles. The summed E-state index contributed by atoms with van der Waals surface area (Å²) in [6.07, 6.45) is 3.76. The predicted octanol–water partition coefficient (Wildman–Crippen LogP) is 3.94. The number of rotatable bonds is 3. The highest BCUT2D eigenvalue weighted by Gasteiger charge is 2.46. The Hall–Kier alpha value is -3.12. The van der Waals surface area contributed by atoms with Crippen LogP contribution in [0.15, 0.2) is 54.7 Å². The second kappa shape index (κ2) is 8.10. The topological polar surface area (TPSA) is 50.6 Å². The molecule has 6 heteroatoms. The molecule has 0 radical (unpaired) electrons. The Bertz CT molecular complexity index is 1130. The van der Waals surface area contributed by atoms with Gasteiger partial charge in [-0.25, -0.2) is 4.98 Å². The molecule has 0 aliphatic carbocycles. The molecule has 6 nitrogen and oxygen atoms in total. The van der Waals surface area contributed by atoms with Gasteiger partial charge in [0.15, 0.2) is 0 Å². The summed E-state index contributed by atoms with van der Waals surface area (Å²) in [5, 5.41) is 0. The van der Waals surface area contributed by atoms with Crippen molar-refractivity contribution >= 4 is 5.91 Å². The summed E-state index contributed by atoms with van der Waals surface area (Å²) >= 11 is 0. The molecule has 1 saturated heterocycles. The monoisotopic (exact) mass is 430 g/mol. The smallest absolute Gasteiger partial charge is 0.257 e. The maximum absolute atomic E-state index is 13.2. The summed E-state index contributed by atoms with van der Waals surface area (Å²) in [7, 11) is 3.81. The Balaban J connectivity index is 1.41. The van der Waals surface area contributed by atoms with Gasteiger partial charge in [0.2, 0.25) is 0 Å². The van der Waals surface area contributed by atoms with Gasteiger partial charge < -0.3 is 14.2 Å². The Kier molecular flexibility index (Phi) is 5.25. The van der Waals surface area contributed by atoms with E-state index in [1.807, 2.05) is 35.4 Å². The molecule has 2 aliphatic rings. The second-order valence-electron chi connectivity index (χ2n) is 8.93. The quantitative estimate of drug-likeness (QED) is 0.632. The SMILES string of the molecule is COc1ccccc1C(=O)N1CCC2(CC1)c1ncc(-c3ccc(C)cc3)n1CCN2C. The van der Waals surface area contributed by atoms with Gasteiger partial charge in [-0.1, -0.05) is 42.0 Å². The number of para-hydroxylation sites is 1. The zero-order valence-electron chi connectivity index (χ0n) is 19.0. The number of likely N-dealkylation sites (N-methyl/N-ethyl adjacent to an activating group) is 1. The van der Waals surface area contributed by atoms with Gasteiger partial charge in [0, 0.05) is 26.2 Å². The first-order valence-corrected chi connectivity index (χ1v) is 11.3. The number of imidazole rings is 1. The van der Waals surface area contributed by atoms with Crippen molar-refractivity contribution < 1.29 is 9.53 Å². The minimum absolute atomic E-state index is 0.0412. The van der Waals surface area contributed by atoms with E-state index in [-0.39, 0.29) is 11.4 Å². The van der Waals surface area contributed by atoms with Gasteiger partial charge in [-0.2, -0.15) is 0 Å². The van der Waals surface area contributed by atoms with E-state index in [2.05, 4.69) is 47.7 Å². The van der Waals surface area contributed by atoms with Crippen molar-refractivity contribution in [3.8, 4) is 17.0 Å². The lowest BCUT2D eigenvalue weighted by molar-refractivity contribution is 0.0100. The number of piperidine rings is 1. The summed E-state index contributed by atoms with van der Waals surface area (Å²) in [4.78, 5) is 22.5. The molecule has 3 aromatic rings. The fraction of sp³-hybridized carbons (Fsp3) is 0.385. The molecule has 2 aliphatic heterocycles. The lowest BCUT2D eigenvalue weighted by atomic mass is 9.83. The highest BCUT2D eigenvalue weighted by Crippen LogP contribution is 2.42. The maximum Gasteiger partial charge on any atom is 0.257 e. The third-order valence-corrected chi connectivity index (χ3v) is 7.22. The number of methoxy groups -OCH3 is 1. The number of hydrogen-bond acceptors (Lipinski definition) is 4. The lowest BCUT2D eigenvalue weighted by Crippen LogP contribution is -2.57. The average Bonchev–Trinajstić information content (AvgIpc) is 3.27. The number of fused-ring (bicyclic) bond motifs is 2. The van der Waals surface area contributed by atoms with Gasteiger partial charge in [0.1, 0.15) is 11.6 Å². The van der Waals surface area contributed by atoms with Crippen LogP contribution in [-0.2, 0) is 12.1 Å². The van der Waals surface area contributed by atoms with E-state index in [4.69, 9.17) is 9.72 Å². The number of carbonyl (C=O) groups is 1. The van der Waals surface area contributed by atoms with Crippen molar-refractivity contribution in [1.29, 1.82) is 0 Å². The Morgan fingerprint density at radius 2 is 1.72 bits per heavy atom. The Labute approximate surface area is 189 Å². The van der Waals surface area contributed by atoms with Crippen LogP contribution in [0.2, 0.25) is 0 Å². The number of amides is 1. The van der Waals surface area contributed by atoms with Crippen molar-refractivity contribution in [3.63, 3.8) is 0 Å². The van der Waals surface area contributed by atoms with Crippen LogP contribution in [0.5, 0.6) is 5.75 Å². The van der Waals surface area contributed by atoms with E-state index in [0.717, 1.165) is 31.8 Å². The number of aryl methyl sites for hydroxylation is 1. The third-order valence-electron chi connectivity index (χ3n) is 7.22. The molecule has 1 amide bonds. The van der Waals surface area contributed by atoms with Gasteiger partial charge in [-0.3, -0.25) is 9.69 Å². The number of aromatic nitrogens is 2. The summed E-state index contributed by atoms with van der Waals surface area (Å²) in [6.45, 7) is 5.42. The minimum atomic E-state index is -0.140. The van der Waals surface area contributed by atoms with Crippen molar-refractivity contribution in [2.75, 3.05) is 33.8 Å². The molecule has 0 atom stereocenters. The van der Waals surface area contributed by atoms with Gasteiger partial charge >= 0.3 is 0 Å². The van der Waals surface area contributed by atoms with Crippen molar-refractivity contribution in [1.82, 2.24) is 19.4 Å². The second-order valence-corrected chi connectivity index (χ2v) is 8.93. The molecule has 0 N–H and O–H groups in total. The fourth-order valence-corrected chi connectivity index (χ4v) is 5.24. The molecule has 1 spiro atoms. The van der Waals surface area contributed by atoms with Crippen molar-refractivity contribution in [3.05, 3.63) is 71.7 Å². The standard InChI is InChI=1S/C26H30N4O2/c1-19-8-10-20(11-9-19)22-18-27-25-26(28(2)16-17-30(22)25)12-14-29(15-13-26)24(31)21-6-4-5-7-23(21)32-3/h4-11,18H,12-17H2,1-3H3. The van der Waals surface area contributed by atoms with Crippen LogP contribution in [-0.4, -0.2) is 59.0 Å². The Morgan fingerprint density at radius 1 is 1.00 bits per heavy atom. The number of likely N-dealkylation sites (tertiary alicyclic amines) is 1. The molecule has 2 aromatic carbocycles. The zero-order valence-corrected chi connectivity index (χ0v) is 19.0. The molecular weight excluding hydrogens is 400 g/mol. The molecule has 1 aromatic heterocycles. The largest absolute Gasteiger partial charge is 0.496 e. The van der Waals surface area contributed by atoms with E-state index in [9.17, 15) is 4.79 Å². The lowest BCUT2D eigenvalue weighted by Gasteiger charge is -2.49. The van der Waals surface area contributed by atoms with Gasteiger partial charge in [-0.15, -0.1) is 0 Å². The highest BCUT2D eigenvalue weighted by atomic mass is 16.5. The average molecular weight is 431 g/mol. The third kappa shape index (κ3) is 3.30. The normalized spacial score (nSPS) is 17.9. The summed E-state index contributed by atoms with van der Waals surface area (Å²) < 4.78 is 7.80. The molecule has 0 saturated carbocycles. The molecule has 5 rings (SSSR count). The molecule has 32 heavy (non-hydrogen) atoms. The van der Waals surface area contributed by atoms with Crippen LogP contribution in [0.4, 0.5) is 0 Å². The van der Waals surface area contributed by atoms with Gasteiger partial charge in [0.05, 0.1) is 30.1 Å². The van der Waals surface area contributed by atoms with E-state index >= 15 is 0 Å². The first-order chi connectivity index (χ1) is 15.5. The minimum Gasteiger partial charge on any atom is -0.496 e. The molecule has 0 unspecified atom stereocenters. The maximum atomic E-state index is 13.2. The van der Waals surface area contributed by atoms with Crippen LogP contribution in [0.3, 0.4) is 0 Å². The molecule has 0 bridgehead atoms. The highest BCUT2D eigenvalue weighted by molar-refractivity contribution is 5.97. The van der Waals surface area contributed by atoms with E-state index in [1.54, 1.807) is 7.11 Å². The van der Waals surface area contributed by atoms with Crippen LogP contribution in [0, 0.1) is 6.92 Å². The molecular formula is C26H30N4O2. The van der Waals surface area contributed by atoms with Crippen LogP contribution in [0.25, 0.3) is 11.3 Å².